The first-order valence-electron chi connectivity index (χ1n) is 7.96. The Labute approximate surface area is 123 Å². The van der Waals surface area contributed by atoms with Crippen LogP contribution < -0.4 is 4.74 Å². The molecule has 20 heavy (non-hydrogen) atoms. The standard InChI is InChI=1S/C18H28O2/c1-14(2)13-20-17-11-7-10-16(12-17)18(3,19)15-8-5-4-6-9-15/h7,10-12,14-15,19H,4-6,8-9,13H2,1-3H3. The van der Waals surface area contributed by atoms with Gasteiger partial charge in [0, 0.05) is 0 Å². The van der Waals surface area contributed by atoms with Gasteiger partial charge in [0.2, 0.25) is 0 Å². The first-order chi connectivity index (χ1) is 9.50. The second-order valence-electron chi connectivity index (χ2n) is 6.72. The zero-order valence-corrected chi connectivity index (χ0v) is 13.1. The third-order valence-corrected chi connectivity index (χ3v) is 4.40. The summed E-state index contributed by atoms with van der Waals surface area (Å²) in [5, 5.41) is 11.0. The molecule has 1 aromatic carbocycles. The van der Waals surface area contributed by atoms with Gasteiger partial charge < -0.3 is 9.84 Å². The first kappa shape index (κ1) is 15.4. The van der Waals surface area contributed by atoms with Gasteiger partial charge in [-0.05, 0) is 49.3 Å². The number of hydrogen-bond donors (Lipinski definition) is 1. The molecule has 2 heteroatoms. The number of aliphatic hydroxyl groups is 1. The summed E-state index contributed by atoms with van der Waals surface area (Å²) in [6, 6.07) is 8.00. The minimum atomic E-state index is -0.738. The van der Waals surface area contributed by atoms with Crippen LogP contribution in [0.15, 0.2) is 24.3 Å². The van der Waals surface area contributed by atoms with E-state index in [0.717, 1.165) is 30.8 Å². The molecule has 0 radical (unpaired) electrons. The number of hydrogen-bond acceptors (Lipinski definition) is 2. The van der Waals surface area contributed by atoms with Gasteiger partial charge in [0.25, 0.3) is 0 Å². The van der Waals surface area contributed by atoms with Crippen LogP contribution in [0, 0.1) is 11.8 Å². The van der Waals surface area contributed by atoms with Crippen molar-refractivity contribution in [2.45, 2.75) is 58.5 Å². The molecule has 1 aromatic rings. The highest BCUT2D eigenvalue weighted by Crippen LogP contribution is 2.39. The molecule has 0 spiro atoms. The van der Waals surface area contributed by atoms with Gasteiger partial charge in [-0.3, -0.25) is 0 Å². The van der Waals surface area contributed by atoms with Crippen LogP contribution in [0.25, 0.3) is 0 Å². The molecule has 1 aliphatic carbocycles. The van der Waals surface area contributed by atoms with Crippen LogP contribution in [0.3, 0.4) is 0 Å². The summed E-state index contributed by atoms with van der Waals surface area (Å²) in [6.07, 6.45) is 6.05. The monoisotopic (exact) mass is 276 g/mol. The molecule has 1 aliphatic rings. The molecule has 0 aromatic heterocycles. The van der Waals surface area contributed by atoms with Crippen LogP contribution >= 0.6 is 0 Å². The second kappa shape index (κ2) is 6.62. The predicted octanol–water partition coefficient (Wildman–Crippen LogP) is 4.51. The maximum atomic E-state index is 11.0. The zero-order valence-electron chi connectivity index (χ0n) is 13.1. The molecule has 1 atom stereocenters. The van der Waals surface area contributed by atoms with Crippen molar-refractivity contribution in [1.29, 1.82) is 0 Å². The molecular formula is C18H28O2. The summed E-state index contributed by atoms with van der Waals surface area (Å²) < 4.78 is 5.78. The lowest BCUT2D eigenvalue weighted by Crippen LogP contribution is -2.33. The van der Waals surface area contributed by atoms with E-state index in [0.29, 0.717) is 11.8 Å². The lowest BCUT2D eigenvalue weighted by atomic mass is 9.74. The highest BCUT2D eigenvalue weighted by atomic mass is 16.5. The van der Waals surface area contributed by atoms with Crippen LogP contribution in [0.1, 0.15) is 58.4 Å². The summed E-state index contributed by atoms with van der Waals surface area (Å²) in [5.41, 5.74) is 0.253. The molecule has 2 rings (SSSR count). The minimum Gasteiger partial charge on any atom is -0.493 e. The molecule has 0 bridgehead atoms. The average molecular weight is 276 g/mol. The van der Waals surface area contributed by atoms with Gasteiger partial charge in [0.15, 0.2) is 0 Å². The van der Waals surface area contributed by atoms with Gasteiger partial charge in [-0.1, -0.05) is 45.2 Å². The van der Waals surface area contributed by atoms with Crippen LogP contribution in [0.2, 0.25) is 0 Å². The fourth-order valence-corrected chi connectivity index (χ4v) is 3.06. The molecule has 1 saturated carbocycles. The van der Waals surface area contributed by atoms with E-state index in [1.807, 2.05) is 31.2 Å². The van der Waals surface area contributed by atoms with Gasteiger partial charge in [-0.25, -0.2) is 0 Å². The summed E-state index contributed by atoms with van der Waals surface area (Å²) in [6.45, 7) is 6.96. The van der Waals surface area contributed by atoms with Crippen molar-refractivity contribution in [3.63, 3.8) is 0 Å². The lowest BCUT2D eigenvalue weighted by molar-refractivity contribution is -0.0216. The van der Waals surface area contributed by atoms with Crippen molar-refractivity contribution in [1.82, 2.24) is 0 Å². The van der Waals surface area contributed by atoms with Crippen LogP contribution in [-0.4, -0.2) is 11.7 Å². The fraction of sp³-hybridized carbons (Fsp3) is 0.667. The Balaban J connectivity index is 2.11. The van der Waals surface area contributed by atoms with Gasteiger partial charge in [0.1, 0.15) is 5.75 Å². The van der Waals surface area contributed by atoms with Crippen LogP contribution in [-0.2, 0) is 5.60 Å². The lowest BCUT2D eigenvalue weighted by Gasteiger charge is -2.36. The second-order valence-corrected chi connectivity index (χ2v) is 6.72. The van der Waals surface area contributed by atoms with E-state index >= 15 is 0 Å². The molecule has 1 unspecified atom stereocenters. The average Bonchev–Trinajstić information content (AvgIpc) is 2.46. The predicted molar refractivity (Wildman–Crippen MR) is 82.9 cm³/mol. The summed E-state index contributed by atoms with van der Waals surface area (Å²) in [4.78, 5) is 0. The van der Waals surface area contributed by atoms with Crippen molar-refractivity contribution >= 4 is 0 Å². The Hall–Kier alpha value is -1.02. The molecular weight excluding hydrogens is 248 g/mol. The number of rotatable bonds is 5. The van der Waals surface area contributed by atoms with E-state index in [-0.39, 0.29) is 0 Å². The Morgan fingerprint density at radius 2 is 1.95 bits per heavy atom. The van der Waals surface area contributed by atoms with Gasteiger partial charge >= 0.3 is 0 Å². The van der Waals surface area contributed by atoms with Crippen molar-refractivity contribution in [2.75, 3.05) is 6.61 Å². The smallest absolute Gasteiger partial charge is 0.119 e. The largest absolute Gasteiger partial charge is 0.493 e. The highest BCUT2D eigenvalue weighted by molar-refractivity contribution is 5.32. The third-order valence-electron chi connectivity index (χ3n) is 4.40. The SMILES string of the molecule is CC(C)COc1cccc(C(C)(O)C2CCCCC2)c1. The van der Waals surface area contributed by atoms with Gasteiger partial charge in [-0.2, -0.15) is 0 Å². The highest BCUT2D eigenvalue weighted by Gasteiger charge is 2.34. The normalized spacial score (nSPS) is 19.9. The molecule has 1 N–H and O–H groups in total. The van der Waals surface area contributed by atoms with Crippen molar-refractivity contribution in [3.8, 4) is 5.75 Å². The molecule has 1 fully saturated rings. The molecule has 112 valence electrons. The minimum absolute atomic E-state index is 0.372. The van der Waals surface area contributed by atoms with Crippen molar-refractivity contribution in [2.24, 2.45) is 11.8 Å². The Morgan fingerprint density at radius 3 is 2.60 bits per heavy atom. The molecule has 0 aliphatic heterocycles. The topological polar surface area (TPSA) is 29.5 Å². The quantitative estimate of drug-likeness (QED) is 0.857. The summed E-state index contributed by atoms with van der Waals surface area (Å²) in [5.74, 6) is 1.75. The van der Waals surface area contributed by atoms with Crippen molar-refractivity contribution < 1.29 is 9.84 Å². The number of ether oxygens (including phenoxy) is 1. The van der Waals surface area contributed by atoms with E-state index in [4.69, 9.17) is 4.74 Å². The van der Waals surface area contributed by atoms with Crippen LogP contribution in [0.5, 0.6) is 5.75 Å². The van der Waals surface area contributed by atoms with Crippen molar-refractivity contribution in [3.05, 3.63) is 29.8 Å². The third kappa shape index (κ3) is 3.76. The van der Waals surface area contributed by atoms with E-state index < -0.39 is 5.60 Å². The summed E-state index contributed by atoms with van der Waals surface area (Å²) in [7, 11) is 0. The Bertz CT molecular complexity index is 417. The molecule has 0 amide bonds. The maximum absolute atomic E-state index is 11.0. The molecule has 2 nitrogen and oxygen atoms in total. The molecule has 0 heterocycles. The van der Waals surface area contributed by atoms with E-state index in [2.05, 4.69) is 13.8 Å². The van der Waals surface area contributed by atoms with E-state index in [1.54, 1.807) is 0 Å². The number of benzene rings is 1. The van der Waals surface area contributed by atoms with Gasteiger partial charge in [-0.15, -0.1) is 0 Å². The molecule has 0 saturated heterocycles. The van der Waals surface area contributed by atoms with E-state index in [9.17, 15) is 5.11 Å². The zero-order chi connectivity index (χ0) is 14.6. The first-order valence-corrected chi connectivity index (χ1v) is 7.96. The van der Waals surface area contributed by atoms with Crippen LogP contribution in [0.4, 0.5) is 0 Å². The summed E-state index contributed by atoms with van der Waals surface area (Å²) >= 11 is 0. The maximum Gasteiger partial charge on any atom is 0.119 e. The van der Waals surface area contributed by atoms with E-state index in [1.165, 1.54) is 19.3 Å². The van der Waals surface area contributed by atoms with Gasteiger partial charge in [0.05, 0.1) is 12.2 Å². The Morgan fingerprint density at radius 1 is 1.25 bits per heavy atom. The fourth-order valence-electron chi connectivity index (χ4n) is 3.06. The Kier molecular flexibility index (Phi) is 5.09.